The second-order valence-electron chi connectivity index (χ2n) is 7.71. The molecule has 5 aromatic rings. The lowest BCUT2D eigenvalue weighted by atomic mass is 10.1. The number of thiophene rings is 1. The molecule has 1 amide bonds. The zero-order valence-electron chi connectivity index (χ0n) is 17.6. The minimum Gasteiger partial charge on any atom is -0.289 e. The van der Waals surface area contributed by atoms with Gasteiger partial charge < -0.3 is 0 Å². The van der Waals surface area contributed by atoms with Crippen molar-refractivity contribution in [3.63, 3.8) is 0 Å². The molecule has 0 unspecified atom stereocenters. The number of amides is 1. The van der Waals surface area contributed by atoms with Crippen molar-refractivity contribution in [2.75, 3.05) is 4.90 Å². The molecule has 0 fully saturated rings. The van der Waals surface area contributed by atoms with E-state index in [0.717, 1.165) is 26.9 Å². The zero-order valence-corrected chi connectivity index (χ0v) is 19.2. The summed E-state index contributed by atoms with van der Waals surface area (Å²) in [5.74, 6) is -0.208. The number of aromatic nitrogens is 3. The molecule has 0 saturated carbocycles. The Morgan fingerprint density at radius 1 is 1.12 bits per heavy atom. The number of nitrogens with zero attached hydrogens (tertiary/aromatic N) is 4. The number of rotatable bonds is 5. The molecular formula is C24H20N4O2S2. The Morgan fingerprint density at radius 3 is 2.75 bits per heavy atom. The fraction of sp³-hybridized carbons (Fsp3) is 0.167. The van der Waals surface area contributed by atoms with Gasteiger partial charge in [0.2, 0.25) is 5.91 Å². The highest BCUT2D eigenvalue weighted by molar-refractivity contribution is 7.22. The van der Waals surface area contributed by atoms with Crippen LogP contribution in [0.1, 0.15) is 16.7 Å². The Hall–Kier alpha value is -3.36. The number of hydrogen-bond acceptors (Lipinski definition) is 6. The monoisotopic (exact) mass is 460 g/mol. The van der Waals surface area contributed by atoms with Crippen molar-refractivity contribution in [2.45, 2.75) is 26.9 Å². The summed E-state index contributed by atoms with van der Waals surface area (Å²) in [6.07, 6.45) is 1.45. The lowest BCUT2D eigenvalue weighted by molar-refractivity contribution is -0.119. The molecule has 0 aliphatic rings. The molecular weight excluding hydrogens is 440 g/mol. The fourth-order valence-corrected chi connectivity index (χ4v) is 5.50. The second-order valence-corrected chi connectivity index (χ2v) is 9.58. The van der Waals surface area contributed by atoms with E-state index in [1.165, 1.54) is 33.6 Å². The van der Waals surface area contributed by atoms with Crippen LogP contribution in [0.3, 0.4) is 0 Å². The summed E-state index contributed by atoms with van der Waals surface area (Å²) in [6.45, 7) is 4.37. The van der Waals surface area contributed by atoms with Gasteiger partial charge in [-0.15, -0.1) is 11.3 Å². The van der Waals surface area contributed by atoms with Crippen LogP contribution in [0.2, 0.25) is 0 Å². The number of carbonyl (C=O) groups excluding carboxylic acids is 1. The van der Waals surface area contributed by atoms with E-state index in [1.54, 1.807) is 11.0 Å². The molecule has 0 atom stereocenters. The summed E-state index contributed by atoms with van der Waals surface area (Å²) in [5, 5.41) is 2.99. The zero-order chi connectivity index (χ0) is 22.2. The molecule has 0 spiro atoms. The molecule has 5 rings (SSSR count). The van der Waals surface area contributed by atoms with Gasteiger partial charge in [0.25, 0.3) is 5.56 Å². The first-order chi connectivity index (χ1) is 15.5. The maximum Gasteiger partial charge on any atom is 0.262 e. The number of anilines is 1. The fourth-order valence-electron chi connectivity index (χ4n) is 3.75. The third kappa shape index (κ3) is 3.83. The number of fused-ring (bicyclic) bond motifs is 2. The molecule has 0 N–H and O–H groups in total. The van der Waals surface area contributed by atoms with Crippen molar-refractivity contribution in [1.29, 1.82) is 0 Å². The van der Waals surface area contributed by atoms with E-state index in [4.69, 9.17) is 4.98 Å². The second kappa shape index (κ2) is 8.29. The van der Waals surface area contributed by atoms with Gasteiger partial charge in [-0.3, -0.25) is 19.1 Å². The highest BCUT2D eigenvalue weighted by Crippen LogP contribution is 2.33. The number of thiazole rings is 1. The van der Waals surface area contributed by atoms with E-state index in [-0.39, 0.29) is 18.0 Å². The van der Waals surface area contributed by atoms with Gasteiger partial charge in [0.1, 0.15) is 11.4 Å². The first-order valence-electron chi connectivity index (χ1n) is 10.1. The first-order valence-corrected chi connectivity index (χ1v) is 11.8. The standard InChI is InChI=1S/C24H20N4O2S2/c1-15-10-16(2)21-19(11-15)26-24(32-21)28(12-17-6-4-3-5-7-17)20(29)13-27-14-25-22-18(23(27)30)8-9-31-22/h3-11,14H,12-13H2,1-2H3. The van der Waals surface area contributed by atoms with Crippen molar-refractivity contribution in [1.82, 2.24) is 14.5 Å². The minimum absolute atomic E-state index is 0.0988. The van der Waals surface area contributed by atoms with E-state index < -0.39 is 0 Å². The van der Waals surface area contributed by atoms with Gasteiger partial charge in [-0.05, 0) is 48.1 Å². The van der Waals surface area contributed by atoms with Gasteiger partial charge in [0.05, 0.1) is 28.5 Å². The summed E-state index contributed by atoms with van der Waals surface area (Å²) < 4.78 is 2.44. The van der Waals surface area contributed by atoms with Crippen LogP contribution in [-0.4, -0.2) is 20.4 Å². The summed E-state index contributed by atoms with van der Waals surface area (Å²) in [5.41, 5.74) is 3.94. The molecule has 160 valence electrons. The number of aryl methyl sites for hydroxylation is 2. The molecule has 0 saturated heterocycles. The SMILES string of the molecule is Cc1cc(C)c2sc(N(Cc3ccccc3)C(=O)Cn3cnc4sccc4c3=O)nc2c1. The Labute approximate surface area is 192 Å². The molecule has 32 heavy (non-hydrogen) atoms. The average Bonchev–Trinajstić information content (AvgIpc) is 3.42. The lowest BCUT2D eigenvalue weighted by Gasteiger charge is -2.20. The van der Waals surface area contributed by atoms with E-state index in [2.05, 4.69) is 18.0 Å². The van der Waals surface area contributed by atoms with Gasteiger partial charge >= 0.3 is 0 Å². The molecule has 0 radical (unpaired) electrons. The minimum atomic E-state index is -0.208. The van der Waals surface area contributed by atoms with E-state index in [0.29, 0.717) is 21.9 Å². The van der Waals surface area contributed by atoms with Crippen molar-refractivity contribution >= 4 is 54.1 Å². The van der Waals surface area contributed by atoms with Crippen LogP contribution in [0.4, 0.5) is 5.13 Å². The predicted molar refractivity (Wildman–Crippen MR) is 131 cm³/mol. The van der Waals surface area contributed by atoms with Crippen LogP contribution in [-0.2, 0) is 17.9 Å². The van der Waals surface area contributed by atoms with Crippen LogP contribution in [0.15, 0.2) is 65.0 Å². The molecule has 2 aromatic carbocycles. The molecule has 8 heteroatoms. The van der Waals surface area contributed by atoms with Gasteiger partial charge in [-0.25, -0.2) is 9.97 Å². The number of benzene rings is 2. The number of hydrogen-bond donors (Lipinski definition) is 0. The summed E-state index contributed by atoms with van der Waals surface area (Å²) in [7, 11) is 0. The van der Waals surface area contributed by atoms with Crippen molar-refractivity contribution in [2.24, 2.45) is 0 Å². The third-order valence-corrected chi connectivity index (χ3v) is 7.33. The molecule has 3 heterocycles. The van der Waals surface area contributed by atoms with Crippen LogP contribution >= 0.6 is 22.7 Å². The average molecular weight is 461 g/mol. The molecule has 0 aliphatic heterocycles. The lowest BCUT2D eigenvalue weighted by Crippen LogP contribution is -2.36. The summed E-state index contributed by atoms with van der Waals surface area (Å²) in [4.78, 5) is 37.7. The highest BCUT2D eigenvalue weighted by Gasteiger charge is 2.22. The highest BCUT2D eigenvalue weighted by atomic mass is 32.1. The third-order valence-electron chi connectivity index (χ3n) is 5.28. The van der Waals surface area contributed by atoms with Crippen LogP contribution in [0.5, 0.6) is 0 Å². The predicted octanol–water partition coefficient (Wildman–Crippen LogP) is 4.92. The van der Waals surface area contributed by atoms with Crippen LogP contribution < -0.4 is 10.5 Å². The van der Waals surface area contributed by atoms with Gasteiger partial charge in [0.15, 0.2) is 5.13 Å². The van der Waals surface area contributed by atoms with Gasteiger partial charge in [-0.2, -0.15) is 0 Å². The maximum atomic E-state index is 13.5. The van der Waals surface area contributed by atoms with Crippen LogP contribution in [0, 0.1) is 13.8 Å². The Balaban J connectivity index is 1.54. The topological polar surface area (TPSA) is 68.1 Å². The van der Waals surface area contributed by atoms with E-state index in [1.807, 2.05) is 48.7 Å². The normalized spacial score (nSPS) is 11.3. The van der Waals surface area contributed by atoms with Gasteiger partial charge in [-0.1, -0.05) is 47.7 Å². The van der Waals surface area contributed by atoms with Crippen molar-refractivity contribution < 1.29 is 4.79 Å². The molecule has 0 bridgehead atoms. The Bertz CT molecular complexity index is 1500. The Morgan fingerprint density at radius 2 is 1.94 bits per heavy atom. The Kier molecular flexibility index (Phi) is 5.32. The maximum absolute atomic E-state index is 13.5. The van der Waals surface area contributed by atoms with Crippen molar-refractivity contribution in [3.05, 3.63) is 87.3 Å². The largest absolute Gasteiger partial charge is 0.289 e. The van der Waals surface area contributed by atoms with Crippen LogP contribution in [0.25, 0.3) is 20.4 Å². The summed E-state index contributed by atoms with van der Waals surface area (Å²) in [6, 6.07) is 15.7. The quantitative estimate of drug-likeness (QED) is 0.373. The van der Waals surface area contributed by atoms with Crippen molar-refractivity contribution in [3.8, 4) is 0 Å². The summed E-state index contributed by atoms with van der Waals surface area (Å²) >= 11 is 2.91. The molecule has 3 aromatic heterocycles. The smallest absolute Gasteiger partial charge is 0.262 e. The molecule has 6 nitrogen and oxygen atoms in total. The van der Waals surface area contributed by atoms with E-state index in [9.17, 15) is 9.59 Å². The van der Waals surface area contributed by atoms with E-state index >= 15 is 0 Å². The molecule has 0 aliphatic carbocycles. The van der Waals surface area contributed by atoms with Gasteiger partial charge in [0, 0.05) is 0 Å². The first kappa shape index (κ1) is 20.5. The number of carbonyl (C=O) groups is 1.